The molecule has 0 saturated heterocycles. The van der Waals surface area contributed by atoms with E-state index in [4.69, 9.17) is 15.9 Å². The lowest BCUT2D eigenvalue weighted by molar-refractivity contribution is -0.137. The molecule has 0 unspecified atom stereocenters. The molecule has 0 aliphatic rings. The van der Waals surface area contributed by atoms with E-state index in [0.29, 0.717) is 18.2 Å². The Labute approximate surface area is 93.5 Å². The highest BCUT2D eigenvalue weighted by atomic mass is 35.7. The third-order valence-corrected chi connectivity index (χ3v) is 3.07. The fourth-order valence-corrected chi connectivity index (χ4v) is 2.01. The van der Waals surface area contributed by atoms with Gasteiger partial charge in [0.25, 0.3) is 9.05 Å². The molecular weight excluding hydrogens is 267 g/mol. The van der Waals surface area contributed by atoms with Crippen LogP contribution < -0.4 is 0 Å². The second kappa shape index (κ2) is 3.96. The molecule has 8 heteroatoms. The molecule has 0 heterocycles. The topological polar surface area (TPSA) is 57.9 Å². The number of alkyl halides is 3. The van der Waals surface area contributed by atoms with Crippen molar-refractivity contribution < 1.29 is 21.6 Å². The number of nitrogens with zero attached hydrogens (tertiary/aromatic N) is 1. The van der Waals surface area contributed by atoms with Gasteiger partial charge in [-0.2, -0.15) is 18.4 Å². The number of halogens is 4. The Bertz CT molecular complexity index is 560. The van der Waals surface area contributed by atoms with Crippen LogP contribution in [-0.2, 0) is 15.2 Å². The molecular formula is C8H3ClF3NO2S. The summed E-state index contributed by atoms with van der Waals surface area (Å²) in [6, 6.07) is 3.00. The molecule has 1 aromatic carbocycles. The van der Waals surface area contributed by atoms with Gasteiger partial charge in [-0.05, 0) is 18.2 Å². The number of hydrogen-bond donors (Lipinski definition) is 0. The zero-order chi connectivity index (χ0) is 12.6. The van der Waals surface area contributed by atoms with Crippen LogP contribution in [-0.4, -0.2) is 8.42 Å². The summed E-state index contributed by atoms with van der Waals surface area (Å²) in [5.41, 5.74) is -1.74. The zero-order valence-electron chi connectivity index (χ0n) is 7.42. The molecule has 1 aromatic rings. The summed E-state index contributed by atoms with van der Waals surface area (Å²) < 4.78 is 58.5. The first-order chi connectivity index (χ1) is 7.16. The summed E-state index contributed by atoms with van der Waals surface area (Å²) in [6.07, 6.45) is -4.64. The van der Waals surface area contributed by atoms with E-state index in [2.05, 4.69) is 0 Å². The molecule has 1 rings (SSSR count). The first-order valence-electron chi connectivity index (χ1n) is 3.72. The second-order valence-corrected chi connectivity index (χ2v) is 5.29. The molecule has 0 aromatic heterocycles. The summed E-state index contributed by atoms with van der Waals surface area (Å²) in [5, 5.41) is 8.53. The highest BCUT2D eigenvalue weighted by Crippen LogP contribution is 2.32. The highest BCUT2D eigenvalue weighted by Gasteiger charge is 2.32. The minimum Gasteiger partial charge on any atom is -0.207 e. The van der Waals surface area contributed by atoms with Crippen molar-refractivity contribution in [3.63, 3.8) is 0 Å². The Morgan fingerprint density at radius 2 is 1.88 bits per heavy atom. The number of hydrogen-bond acceptors (Lipinski definition) is 3. The van der Waals surface area contributed by atoms with Gasteiger partial charge < -0.3 is 0 Å². The van der Waals surface area contributed by atoms with E-state index >= 15 is 0 Å². The maximum Gasteiger partial charge on any atom is 0.416 e. The molecule has 16 heavy (non-hydrogen) atoms. The van der Waals surface area contributed by atoms with Gasteiger partial charge in [-0.1, -0.05) is 0 Å². The Hall–Kier alpha value is -1.26. The van der Waals surface area contributed by atoms with Crippen LogP contribution in [0.5, 0.6) is 0 Å². The predicted octanol–water partition coefficient (Wildman–Crippen LogP) is 2.50. The van der Waals surface area contributed by atoms with Crippen molar-refractivity contribution in [1.29, 1.82) is 5.26 Å². The van der Waals surface area contributed by atoms with Crippen molar-refractivity contribution in [3.8, 4) is 6.07 Å². The predicted molar refractivity (Wildman–Crippen MR) is 49.2 cm³/mol. The fourth-order valence-electron chi connectivity index (χ4n) is 1.01. The van der Waals surface area contributed by atoms with Crippen LogP contribution in [0.25, 0.3) is 0 Å². The van der Waals surface area contributed by atoms with E-state index in [1.165, 1.54) is 6.07 Å². The van der Waals surface area contributed by atoms with Gasteiger partial charge in [0.1, 0.15) is 11.0 Å². The molecule has 0 amide bonds. The molecule has 0 aliphatic carbocycles. The second-order valence-electron chi connectivity index (χ2n) is 2.76. The molecule has 0 aliphatic heterocycles. The van der Waals surface area contributed by atoms with Gasteiger partial charge in [0.05, 0.1) is 11.1 Å². The third kappa shape index (κ3) is 2.65. The SMILES string of the molecule is N#Cc1cc(C(F)(F)F)ccc1S(=O)(=O)Cl. The van der Waals surface area contributed by atoms with Crippen molar-refractivity contribution >= 4 is 19.7 Å². The number of benzene rings is 1. The van der Waals surface area contributed by atoms with Gasteiger partial charge >= 0.3 is 6.18 Å². The molecule has 0 spiro atoms. The maximum absolute atomic E-state index is 12.2. The van der Waals surface area contributed by atoms with Gasteiger partial charge in [-0.3, -0.25) is 0 Å². The molecule has 3 nitrogen and oxygen atoms in total. The van der Waals surface area contributed by atoms with Gasteiger partial charge in [0, 0.05) is 10.7 Å². The van der Waals surface area contributed by atoms with Gasteiger partial charge in [0.2, 0.25) is 0 Å². The first-order valence-corrected chi connectivity index (χ1v) is 6.03. The average molecular weight is 270 g/mol. The van der Waals surface area contributed by atoms with Crippen LogP contribution in [0.1, 0.15) is 11.1 Å². The largest absolute Gasteiger partial charge is 0.416 e. The van der Waals surface area contributed by atoms with E-state index < -0.39 is 31.2 Å². The monoisotopic (exact) mass is 269 g/mol. The van der Waals surface area contributed by atoms with Crippen molar-refractivity contribution in [3.05, 3.63) is 29.3 Å². The van der Waals surface area contributed by atoms with E-state index in [1.54, 1.807) is 0 Å². The summed E-state index contributed by atoms with van der Waals surface area (Å²) in [5.74, 6) is 0. The van der Waals surface area contributed by atoms with E-state index in [0.717, 1.165) is 0 Å². The molecule has 0 N–H and O–H groups in total. The fraction of sp³-hybridized carbons (Fsp3) is 0.125. The molecule has 86 valence electrons. The smallest absolute Gasteiger partial charge is 0.207 e. The van der Waals surface area contributed by atoms with Crippen LogP contribution in [0.4, 0.5) is 13.2 Å². The van der Waals surface area contributed by atoms with Crippen molar-refractivity contribution in [1.82, 2.24) is 0 Å². The summed E-state index contributed by atoms with van der Waals surface area (Å²) >= 11 is 0. The molecule has 0 bridgehead atoms. The lowest BCUT2D eigenvalue weighted by Crippen LogP contribution is -2.06. The van der Waals surface area contributed by atoms with Crippen LogP contribution >= 0.6 is 10.7 Å². The third-order valence-electron chi connectivity index (χ3n) is 1.69. The van der Waals surface area contributed by atoms with Crippen LogP contribution in [0, 0.1) is 11.3 Å². The Morgan fingerprint density at radius 1 is 1.31 bits per heavy atom. The maximum atomic E-state index is 12.2. The zero-order valence-corrected chi connectivity index (χ0v) is 8.99. The minimum atomic E-state index is -4.64. The van der Waals surface area contributed by atoms with E-state index in [-0.39, 0.29) is 0 Å². The average Bonchev–Trinajstić information content (AvgIpc) is 2.14. The van der Waals surface area contributed by atoms with Crippen molar-refractivity contribution in [2.45, 2.75) is 11.1 Å². The molecule has 0 fully saturated rings. The molecule has 0 saturated carbocycles. The summed E-state index contributed by atoms with van der Waals surface area (Å²) in [7, 11) is 0.723. The van der Waals surface area contributed by atoms with E-state index in [1.807, 2.05) is 0 Å². The van der Waals surface area contributed by atoms with E-state index in [9.17, 15) is 21.6 Å². The Morgan fingerprint density at radius 3 is 2.25 bits per heavy atom. The quantitative estimate of drug-likeness (QED) is 0.736. The normalized spacial score (nSPS) is 12.2. The summed E-state index contributed by atoms with van der Waals surface area (Å²) in [6.45, 7) is 0. The highest BCUT2D eigenvalue weighted by molar-refractivity contribution is 8.13. The Kier molecular flexibility index (Phi) is 3.17. The number of nitriles is 1. The Balaban J connectivity index is 3.48. The van der Waals surface area contributed by atoms with Crippen LogP contribution in [0.15, 0.2) is 23.1 Å². The molecule has 0 radical (unpaired) electrons. The van der Waals surface area contributed by atoms with Gasteiger partial charge in [0.15, 0.2) is 0 Å². The number of rotatable bonds is 1. The van der Waals surface area contributed by atoms with Crippen LogP contribution in [0.2, 0.25) is 0 Å². The van der Waals surface area contributed by atoms with Crippen molar-refractivity contribution in [2.75, 3.05) is 0 Å². The van der Waals surface area contributed by atoms with Gasteiger partial charge in [-0.15, -0.1) is 0 Å². The standard InChI is InChI=1S/C8H3ClF3NO2S/c9-16(14,15)7-2-1-6(8(10,11)12)3-5(7)4-13/h1-3H. The molecule has 0 atom stereocenters. The van der Waals surface area contributed by atoms with Crippen molar-refractivity contribution in [2.24, 2.45) is 0 Å². The van der Waals surface area contributed by atoms with Crippen LogP contribution in [0.3, 0.4) is 0 Å². The van der Waals surface area contributed by atoms with Gasteiger partial charge in [-0.25, -0.2) is 8.42 Å². The lowest BCUT2D eigenvalue weighted by atomic mass is 10.1. The minimum absolute atomic E-state index is 0.440. The lowest BCUT2D eigenvalue weighted by Gasteiger charge is -2.07. The summed E-state index contributed by atoms with van der Waals surface area (Å²) in [4.78, 5) is -0.635. The first kappa shape index (κ1) is 12.8.